The maximum absolute atomic E-state index is 5.37. The number of aryl methyl sites for hydroxylation is 1. The second kappa shape index (κ2) is 9.50. The molecule has 1 fully saturated rings. The van der Waals surface area contributed by atoms with Crippen LogP contribution in [0, 0.1) is 0 Å². The summed E-state index contributed by atoms with van der Waals surface area (Å²) in [6, 6.07) is 14.6. The van der Waals surface area contributed by atoms with Crippen molar-refractivity contribution < 1.29 is 0 Å². The molecule has 1 aromatic heterocycles. The SMILES string of the molecule is CN1CCN(c2ccc(NC(=S)NCCCc3ccccc3)cn2)CC1. The van der Waals surface area contributed by atoms with Gasteiger partial charge in [-0.25, -0.2) is 4.98 Å². The van der Waals surface area contributed by atoms with E-state index < -0.39 is 0 Å². The maximum Gasteiger partial charge on any atom is 0.170 e. The van der Waals surface area contributed by atoms with Gasteiger partial charge in [0.25, 0.3) is 0 Å². The van der Waals surface area contributed by atoms with Crippen LogP contribution in [-0.2, 0) is 6.42 Å². The Kier molecular flexibility index (Phi) is 6.80. The quantitative estimate of drug-likeness (QED) is 0.603. The standard InChI is InChI=1S/C20H27N5S/c1-24-12-14-25(15-13-24)19-10-9-18(16-22-19)23-20(26)21-11-5-8-17-6-3-2-4-7-17/h2-4,6-7,9-10,16H,5,8,11-15H2,1H3,(H2,21,23,26). The molecule has 0 bridgehead atoms. The minimum atomic E-state index is 0.646. The van der Waals surface area contributed by atoms with Crippen LogP contribution in [0.4, 0.5) is 11.5 Å². The fourth-order valence-corrected chi connectivity index (χ4v) is 3.22. The number of pyridine rings is 1. The van der Waals surface area contributed by atoms with Gasteiger partial charge >= 0.3 is 0 Å². The molecular weight excluding hydrogens is 342 g/mol. The highest BCUT2D eigenvalue weighted by Crippen LogP contribution is 2.15. The van der Waals surface area contributed by atoms with E-state index in [1.165, 1.54) is 5.56 Å². The van der Waals surface area contributed by atoms with Gasteiger partial charge in [0.2, 0.25) is 0 Å². The molecule has 0 saturated carbocycles. The third kappa shape index (κ3) is 5.68. The smallest absolute Gasteiger partial charge is 0.170 e. The highest BCUT2D eigenvalue weighted by Gasteiger charge is 2.14. The Hall–Kier alpha value is -2.18. The lowest BCUT2D eigenvalue weighted by molar-refractivity contribution is 0.312. The molecule has 1 saturated heterocycles. The largest absolute Gasteiger partial charge is 0.362 e. The molecule has 1 aliphatic heterocycles. The predicted octanol–water partition coefficient (Wildman–Crippen LogP) is 2.75. The van der Waals surface area contributed by atoms with Crippen LogP contribution < -0.4 is 15.5 Å². The van der Waals surface area contributed by atoms with E-state index in [1.807, 2.05) is 18.3 Å². The molecule has 2 aromatic rings. The maximum atomic E-state index is 5.37. The molecule has 3 rings (SSSR count). The predicted molar refractivity (Wildman–Crippen MR) is 113 cm³/mol. The van der Waals surface area contributed by atoms with Gasteiger partial charge in [-0.15, -0.1) is 0 Å². The average Bonchev–Trinajstić information content (AvgIpc) is 2.67. The van der Waals surface area contributed by atoms with Gasteiger partial charge in [0.05, 0.1) is 11.9 Å². The van der Waals surface area contributed by atoms with Crippen molar-refractivity contribution in [3.63, 3.8) is 0 Å². The summed E-state index contributed by atoms with van der Waals surface area (Å²) in [7, 11) is 2.16. The van der Waals surface area contributed by atoms with Gasteiger partial charge in [-0.2, -0.15) is 0 Å². The fourth-order valence-electron chi connectivity index (χ4n) is 3.00. The zero-order valence-electron chi connectivity index (χ0n) is 15.3. The van der Waals surface area contributed by atoms with Gasteiger partial charge in [-0.05, 0) is 49.8 Å². The molecule has 0 amide bonds. The Labute approximate surface area is 161 Å². The second-order valence-electron chi connectivity index (χ2n) is 6.67. The molecule has 138 valence electrons. The monoisotopic (exact) mass is 369 g/mol. The van der Waals surface area contributed by atoms with Crippen LogP contribution in [0.5, 0.6) is 0 Å². The lowest BCUT2D eigenvalue weighted by atomic mass is 10.1. The zero-order valence-corrected chi connectivity index (χ0v) is 16.1. The number of anilines is 2. The first-order valence-electron chi connectivity index (χ1n) is 9.19. The number of likely N-dealkylation sites (N-methyl/N-ethyl adjacent to an activating group) is 1. The molecule has 1 aromatic carbocycles. The molecule has 0 unspecified atom stereocenters. The highest BCUT2D eigenvalue weighted by atomic mass is 32.1. The molecule has 0 atom stereocenters. The van der Waals surface area contributed by atoms with Crippen molar-refractivity contribution in [1.29, 1.82) is 0 Å². The summed E-state index contributed by atoms with van der Waals surface area (Å²) in [5.41, 5.74) is 2.28. The van der Waals surface area contributed by atoms with Crippen molar-refractivity contribution >= 4 is 28.8 Å². The van der Waals surface area contributed by atoms with Crippen molar-refractivity contribution in [3.8, 4) is 0 Å². The van der Waals surface area contributed by atoms with E-state index in [-0.39, 0.29) is 0 Å². The Balaban J connectivity index is 1.38. The van der Waals surface area contributed by atoms with Gasteiger partial charge in [0, 0.05) is 32.7 Å². The molecule has 0 aliphatic carbocycles. The molecule has 2 heterocycles. The van der Waals surface area contributed by atoms with Crippen LogP contribution in [0.25, 0.3) is 0 Å². The van der Waals surface area contributed by atoms with Crippen LogP contribution in [-0.4, -0.2) is 54.8 Å². The molecule has 2 N–H and O–H groups in total. The van der Waals surface area contributed by atoms with Crippen LogP contribution in [0.1, 0.15) is 12.0 Å². The number of piperazine rings is 1. The number of thiocarbonyl (C=S) groups is 1. The number of nitrogens with one attached hydrogen (secondary N) is 2. The van der Waals surface area contributed by atoms with Gasteiger partial charge in [0.1, 0.15) is 5.82 Å². The average molecular weight is 370 g/mol. The van der Waals surface area contributed by atoms with Crippen molar-refractivity contribution in [3.05, 3.63) is 54.2 Å². The topological polar surface area (TPSA) is 43.4 Å². The molecule has 5 nitrogen and oxygen atoms in total. The van der Waals surface area contributed by atoms with E-state index in [1.54, 1.807) is 0 Å². The van der Waals surface area contributed by atoms with E-state index in [2.05, 4.69) is 62.8 Å². The normalized spacial score (nSPS) is 14.9. The van der Waals surface area contributed by atoms with E-state index in [9.17, 15) is 0 Å². The molecule has 1 aliphatic rings. The molecule has 0 radical (unpaired) electrons. The van der Waals surface area contributed by atoms with E-state index in [0.29, 0.717) is 5.11 Å². The lowest BCUT2D eigenvalue weighted by Gasteiger charge is -2.33. The minimum absolute atomic E-state index is 0.646. The van der Waals surface area contributed by atoms with Gasteiger partial charge < -0.3 is 20.4 Å². The third-order valence-electron chi connectivity index (χ3n) is 4.60. The number of rotatable bonds is 6. The van der Waals surface area contributed by atoms with Crippen molar-refractivity contribution in [2.45, 2.75) is 12.8 Å². The third-order valence-corrected chi connectivity index (χ3v) is 4.85. The van der Waals surface area contributed by atoms with Crippen molar-refractivity contribution in [2.75, 3.05) is 50.0 Å². The van der Waals surface area contributed by atoms with E-state index >= 15 is 0 Å². The molecular formula is C20H27N5S. The fraction of sp³-hybridized carbons (Fsp3) is 0.400. The van der Waals surface area contributed by atoms with Gasteiger partial charge in [0.15, 0.2) is 5.11 Å². The Bertz CT molecular complexity index is 681. The van der Waals surface area contributed by atoms with Crippen LogP contribution in [0.3, 0.4) is 0 Å². The highest BCUT2D eigenvalue weighted by molar-refractivity contribution is 7.80. The number of nitrogens with zero attached hydrogens (tertiary/aromatic N) is 3. The summed E-state index contributed by atoms with van der Waals surface area (Å²) in [5, 5.41) is 7.12. The zero-order chi connectivity index (χ0) is 18.2. The summed E-state index contributed by atoms with van der Waals surface area (Å²) in [6.07, 6.45) is 3.95. The summed E-state index contributed by atoms with van der Waals surface area (Å²) in [6.45, 7) is 5.07. The number of benzene rings is 1. The Morgan fingerprint density at radius 1 is 1.08 bits per heavy atom. The van der Waals surface area contributed by atoms with Crippen molar-refractivity contribution in [1.82, 2.24) is 15.2 Å². The summed E-state index contributed by atoms with van der Waals surface area (Å²) in [5.74, 6) is 1.03. The Morgan fingerprint density at radius 3 is 2.54 bits per heavy atom. The van der Waals surface area contributed by atoms with Crippen LogP contribution in [0.2, 0.25) is 0 Å². The summed E-state index contributed by atoms with van der Waals surface area (Å²) >= 11 is 5.37. The molecule has 26 heavy (non-hydrogen) atoms. The second-order valence-corrected chi connectivity index (χ2v) is 7.07. The summed E-state index contributed by atoms with van der Waals surface area (Å²) < 4.78 is 0. The Morgan fingerprint density at radius 2 is 1.85 bits per heavy atom. The van der Waals surface area contributed by atoms with Gasteiger partial charge in [-0.3, -0.25) is 0 Å². The van der Waals surface area contributed by atoms with E-state index in [0.717, 1.165) is 57.1 Å². The van der Waals surface area contributed by atoms with E-state index in [4.69, 9.17) is 12.2 Å². The first-order chi connectivity index (χ1) is 12.7. The van der Waals surface area contributed by atoms with Gasteiger partial charge in [-0.1, -0.05) is 30.3 Å². The van der Waals surface area contributed by atoms with Crippen LogP contribution >= 0.6 is 12.2 Å². The van der Waals surface area contributed by atoms with Crippen LogP contribution in [0.15, 0.2) is 48.7 Å². The lowest BCUT2D eigenvalue weighted by Crippen LogP contribution is -2.44. The molecule has 0 spiro atoms. The summed E-state index contributed by atoms with van der Waals surface area (Å²) in [4.78, 5) is 9.24. The minimum Gasteiger partial charge on any atom is -0.362 e. The first kappa shape index (κ1) is 18.6. The number of aromatic nitrogens is 1. The number of hydrogen-bond acceptors (Lipinski definition) is 4. The molecule has 6 heteroatoms. The first-order valence-corrected chi connectivity index (χ1v) is 9.60. The van der Waals surface area contributed by atoms with Crippen molar-refractivity contribution in [2.24, 2.45) is 0 Å². The number of hydrogen-bond donors (Lipinski definition) is 2.